The second kappa shape index (κ2) is 2.88. The van der Waals surface area contributed by atoms with E-state index >= 15 is 0 Å². The van der Waals surface area contributed by atoms with Gasteiger partial charge in [0, 0.05) is 0 Å². The first-order chi connectivity index (χ1) is 7.04. The monoisotopic (exact) mass is 206 g/mol. The van der Waals surface area contributed by atoms with Crippen LogP contribution >= 0.6 is 0 Å². The van der Waals surface area contributed by atoms with Crippen LogP contribution in [0.4, 0.5) is 0 Å². The standard InChI is InChI=1S/C14H22O/c1-13(2)10-6-4-5-7-12-14(3,15-12)9-8-11(10)13/h4,6,10-12H,5,7-9H2,1-3H3/b6-4+/t10-,11+,12+,14+/m0/s1. The van der Waals surface area contributed by atoms with Crippen LogP contribution < -0.4 is 0 Å². The van der Waals surface area contributed by atoms with Crippen LogP contribution in [0, 0.1) is 17.3 Å². The van der Waals surface area contributed by atoms with Gasteiger partial charge in [0.2, 0.25) is 0 Å². The lowest BCUT2D eigenvalue weighted by Gasteiger charge is -2.07. The number of epoxide rings is 1. The van der Waals surface area contributed by atoms with Gasteiger partial charge < -0.3 is 4.74 Å². The van der Waals surface area contributed by atoms with Gasteiger partial charge >= 0.3 is 0 Å². The van der Waals surface area contributed by atoms with E-state index in [0.29, 0.717) is 11.5 Å². The summed E-state index contributed by atoms with van der Waals surface area (Å²) in [5, 5.41) is 0. The van der Waals surface area contributed by atoms with Gasteiger partial charge in [-0.05, 0) is 49.9 Å². The molecule has 1 heteroatoms. The molecule has 2 fully saturated rings. The second-order valence-electron chi connectivity index (χ2n) is 6.42. The molecule has 1 saturated carbocycles. The summed E-state index contributed by atoms with van der Waals surface area (Å²) >= 11 is 0. The Morgan fingerprint density at radius 2 is 2.00 bits per heavy atom. The summed E-state index contributed by atoms with van der Waals surface area (Å²) < 4.78 is 5.84. The normalized spacial score (nSPS) is 53.7. The van der Waals surface area contributed by atoms with Gasteiger partial charge in [-0.15, -0.1) is 0 Å². The fourth-order valence-electron chi connectivity index (χ4n) is 3.53. The fraction of sp³-hybridized carbons (Fsp3) is 0.857. The van der Waals surface area contributed by atoms with Gasteiger partial charge in [-0.1, -0.05) is 26.0 Å². The predicted molar refractivity (Wildman–Crippen MR) is 61.6 cm³/mol. The minimum Gasteiger partial charge on any atom is -0.366 e. The number of rotatable bonds is 0. The Morgan fingerprint density at radius 3 is 2.80 bits per heavy atom. The molecule has 0 bridgehead atoms. The van der Waals surface area contributed by atoms with Gasteiger partial charge in [-0.25, -0.2) is 0 Å². The van der Waals surface area contributed by atoms with Gasteiger partial charge in [0.15, 0.2) is 0 Å². The third-order valence-corrected chi connectivity index (χ3v) is 5.07. The van der Waals surface area contributed by atoms with E-state index in [1.165, 1.54) is 25.7 Å². The van der Waals surface area contributed by atoms with Gasteiger partial charge in [-0.2, -0.15) is 0 Å². The topological polar surface area (TPSA) is 12.5 Å². The summed E-state index contributed by atoms with van der Waals surface area (Å²) in [7, 11) is 0. The summed E-state index contributed by atoms with van der Waals surface area (Å²) in [6.07, 6.45) is 10.5. The molecule has 0 aromatic heterocycles. The zero-order valence-corrected chi connectivity index (χ0v) is 10.1. The molecule has 0 aromatic rings. The highest BCUT2D eigenvalue weighted by Gasteiger charge is 2.58. The van der Waals surface area contributed by atoms with Crippen molar-refractivity contribution in [3.05, 3.63) is 12.2 Å². The van der Waals surface area contributed by atoms with Crippen LogP contribution in [0.3, 0.4) is 0 Å². The molecule has 4 atom stereocenters. The summed E-state index contributed by atoms with van der Waals surface area (Å²) in [4.78, 5) is 0. The lowest BCUT2D eigenvalue weighted by Crippen LogP contribution is -2.11. The molecular formula is C14H22O. The van der Waals surface area contributed by atoms with Crippen molar-refractivity contribution < 1.29 is 4.74 Å². The van der Waals surface area contributed by atoms with Crippen molar-refractivity contribution in [2.45, 2.75) is 58.2 Å². The van der Waals surface area contributed by atoms with Crippen LogP contribution in [0.5, 0.6) is 0 Å². The molecule has 0 spiro atoms. The van der Waals surface area contributed by atoms with Crippen molar-refractivity contribution in [3.8, 4) is 0 Å². The Labute approximate surface area is 92.9 Å². The zero-order chi connectivity index (χ0) is 10.7. The van der Waals surface area contributed by atoms with Crippen LogP contribution in [0.1, 0.15) is 46.5 Å². The van der Waals surface area contributed by atoms with E-state index in [1.807, 2.05) is 0 Å². The highest BCUT2D eigenvalue weighted by molar-refractivity contribution is 5.16. The van der Waals surface area contributed by atoms with Gasteiger partial charge in [0.25, 0.3) is 0 Å². The van der Waals surface area contributed by atoms with Crippen molar-refractivity contribution in [2.24, 2.45) is 17.3 Å². The molecule has 0 N–H and O–H groups in total. The van der Waals surface area contributed by atoms with Crippen molar-refractivity contribution >= 4 is 0 Å². The van der Waals surface area contributed by atoms with E-state index in [9.17, 15) is 0 Å². The summed E-state index contributed by atoms with van der Waals surface area (Å²) in [5.74, 6) is 1.75. The smallest absolute Gasteiger partial charge is 0.0920 e. The number of fused-ring (bicyclic) bond motifs is 2. The van der Waals surface area contributed by atoms with Crippen LogP contribution in [0.15, 0.2) is 12.2 Å². The molecule has 1 nitrogen and oxygen atoms in total. The number of hydrogen-bond acceptors (Lipinski definition) is 1. The molecule has 1 saturated heterocycles. The largest absolute Gasteiger partial charge is 0.366 e. The average Bonchev–Trinajstić information content (AvgIpc) is 2.96. The molecular weight excluding hydrogens is 184 g/mol. The third kappa shape index (κ3) is 1.47. The van der Waals surface area contributed by atoms with Crippen LogP contribution in [-0.4, -0.2) is 11.7 Å². The molecule has 15 heavy (non-hydrogen) atoms. The van der Waals surface area contributed by atoms with Crippen molar-refractivity contribution in [1.82, 2.24) is 0 Å². The first-order valence-electron chi connectivity index (χ1n) is 6.38. The summed E-state index contributed by atoms with van der Waals surface area (Å²) in [6, 6.07) is 0. The first kappa shape index (κ1) is 9.89. The Morgan fingerprint density at radius 1 is 1.20 bits per heavy atom. The first-order valence-corrected chi connectivity index (χ1v) is 6.38. The lowest BCUT2D eigenvalue weighted by molar-refractivity contribution is 0.284. The lowest BCUT2D eigenvalue weighted by atomic mass is 9.95. The number of hydrogen-bond donors (Lipinski definition) is 0. The molecule has 0 unspecified atom stereocenters. The fourth-order valence-corrected chi connectivity index (χ4v) is 3.53. The molecule has 0 amide bonds. The Balaban J connectivity index is 1.73. The van der Waals surface area contributed by atoms with E-state index in [2.05, 4.69) is 32.9 Å². The highest BCUT2D eigenvalue weighted by Crippen LogP contribution is 2.62. The maximum atomic E-state index is 5.84. The van der Waals surface area contributed by atoms with Crippen molar-refractivity contribution in [3.63, 3.8) is 0 Å². The van der Waals surface area contributed by atoms with Crippen LogP contribution in [0.25, 0.3) is 0 Å². The molecule has 2 aliphatic carbocycles. The summed E-state index contributed by atoms with van der Waals surface area (Å²) in [6.45, 7) is 7.13. The van der Waals surface area contributed by atoms with E-state index in [0.717, 1.165) is 11.8 Å². The zero-order valence-electron chi connectivity index (χ0n) is 10.1. The van der Waals surface area contributed by atoms with E-state index in [-0.39, 0.29) is 5.60 Å². The molecule has 0 aromatic carbocycles. The minimum atomic E-state index is 0.244. The minimum absolute atomic E-state index is 0.244. The average molecular weight is 206 g/mol. The van der Waals surface area contributed by atoms with Gasteiger partial charge in [-0.3, -0.25) is 0 Å². The summed E-state index contributed by atoms with van der Waals surface area (Å²) in [5.41, 5.74) is 0.802. The van der Waals surface area contributed by atoms with Crippen molar-refractivity contribution in [2.75, 3.05) is 0 Å². The van der Waals surface area contributed by atoms with Gasteiger partial charge in [0.1, 0.15) is 0 Å². The Bertz CT molecular complexity index is 304. The van der Waals surface area contributed by atoms with E-state index in [1.54, 1.807) is 0 Å². The van der Waals surface area contributed by atoms with Crippen LogP contribution in [0.2, 0.25) is 0 Å². The molecule has 0 radical (unpaired) electrons. The van der Waals surface area contributed by atoms with Gasteiger partial charge in [0.05, 0.1) is 11.7 Å². The third-order valence-electron chi connectivity index (χ3n) is 5.07. The Hall–Kier alpha value is -0.300. The molecule has 84 valence electrons. The molecule has 1 aliphatic heterocycles. The number of allylic oxidation sites excluding steroid dienone is 2. The predicted octanol–water partition coefficient (Wildman–Crippen LogP) is 3.55. The molecule has 3 rings (SSSR count). The quantitative estimate of drug-likeness (QED) is 0.436. The van der Waals surface area contributed by atoms with E-state index < -0.39 is 0 Å². The maximum Gasteiger partial charge on any atom is 0.0920 e. The SMILES string of the molecule is CC1(C)[C@@H]2CC[C@@]3(C)O[C@@H]3CC/C=C/[C@@H]21. The van der Waals surface area contributed by atoms with Crippen LogP contribution in [-0.2, 0) is 4.74 Å². The molecule has 1 heterocycles. The molecule has 3 aliphatic rings. The Kier molecular flexibility index (Phi) is 1.90. The number of ether oxygens (including phenoxy) is 1. The highest BCUT2D eigenvalue weighted by atomic mass is 16.6. The van der Waals surface area contributed by atoms with E-state index in [4.69, 9.17) is 4.74 Å². The van der Waals surface area contributed by atoms with Crippen molar-refractivity contribution in [1.29, 1.82) is 0 Å². The second-order valence-corrected chi connectivity index (χ2v) is 6.42. The maximum absolute atomic E-state index is 5.84.